The van der Waals surface area contributed by atoms with E-state index in [1.165, 1.54) is 13.8 Å². The van der Waals surface area contributed by atoms with E-state index in [9.17, 15) is 9.59 Å². The largest absolute Gasteiger partial charge is 0.458 e. The summed E-state index contributed by atoms with van der Waals surface area (Å²) in [5.41, 5.74) is 4.08. The van der Waals surface area contributed by atoms with E-state index in [-0.39, 0.29) is 13.2 Å². The molecule has 6 atom stereocenters. The molecule has 2 heterocycles. The van der Waals surface area contributed by atoms with Crippen molar-refractivity contribution >= 4 is 11.9 Å². The van der Waals surface area contributed by atoms with Gasteiger partial charge < -0.3 is 18.9 Å². The molecule has 3 aliphatic rings. The molecular formula is C40H42N2O6. The van der Waals surface area contributed by atoms with Crippen molar-refractivity contribution in [3.63, 3.8) is 0 Å². The summed E-state index contributed by atoms with van der Waals surface area (Å²) in [6.45, 7) is 4.35. The molecule has 2 bridgehead atoms. The second-order valence-electron chi connectivity index (χ2n) is 12.2. The number of hydrogen-bond acceptors (Lipinski definition) is 8. The average molecular weight is 647 g/mol. The van der Waals surface area contributed by atoms with Gasteiger partial charge in [0.15, 0.2) is 12.2 Å². The molecular weight excluding hydrogens is 604 g/mol. The highest BCUT2D eigenvalue weighted by atomic mass is 16.6. The van der Waals surface area contributed by atoms with Crippen LogP contribution in [0.1, 0.15) is 36.1 Å². The first-order chi connectivity index (χ1) is 23.5. The van der Waals surface area contributed by atoms with Gasteiger partial charge in [-0.25, -0.2) is 10.0 Å². The standard InChI is InChI=1S/C40H42N2O6/c1-29(43)47-37-35-23-24-36(42(26-32-17-9-4-10-18-32)41(35)25-31-15-7-3-8-16-31)38(48-30(2)44)40(46-28-34-21-13-6-14-22-34)39(37)45-27-33-19-11-5-12-20-33/h3-24,35-40H,25-28H2,1-2H3/t35-,36+,37+,38-,39-,40+. The predicted octanol–water partition coefficient (Wildman–Crippen LogP) is 6.26. The number of esters is 2. The van der Waals surface area contributed by atoms with E-state index in [4.69, 9.17) is 18.9 Å². The Morgan fingerprint density at radius 1 is 0.479 bits per heavy atom. The minimum Gasteiger partial charge on any atom is -0.458 e. The second kappa shape index (κ2) is 16.0. The number of carbonyl (C=O) groups is 2. The lowest BCUT2D eigenvalue weighted by Crippen LogP contribution is -2.70. The lowest BCUT2D eigenvalue weighted by molar-refractivity contribution is -0.247. The maximum absolute atomic E-state index is 12.9. The summed E-state index contributed by atoms with van der Waals surface area (Å²) < 4.78 is 26.0. The van der Waals surface area contributed by atoms with Crippen LogP contribution in [0.25, 0.3) is 0 Å². The van der Waals surface area contributed by atoms with Gasteiger partial charge in [-0.05, 0) is 22.3 Å². The lowest BCUT2D eigenvalue weighted by Gasteiger charge is -2.54. The molecule has 1 aliphatic carbocycles. The SMILES string of the molecule is CC(=O)O[C@@H]1[C@@H](OCc2ccccc2)[C@@H](OCc2ccccc2)[C@H](OC(C)=O)[C@@H]2C=C[C@H]1N(Cc1ccccc1)N2Cc1ccccc1. The third-order valence-electron chi connectivity index (χ3n) is 8.72. The third kappa shape index (κ3) is 8.27. The minimum atomic E-state index is -0.815. The first kappa shape index (κ1) is 33.3. The zero-order chi connectivity index (χ0) is 33.3. The summed E-state index contributed by atoms with van der Waals surface area (Å²) in [6, 6.07) is 39.2. The molecule has 8 nitrogen and oxygen atoms in total. The summed E-state index contributed by atoms with van der Waals surface area (Å²) in [6.07, 6.45) is 0.902. The zero-order valence-electron chi connectivity index (χ0n) is 27.3. The minimum absolute atomic E-state index is 0.245. The Labute approximate surface area is 282 Å². The number of hydrazine groups is 1. The van der Waals surface area contributed by atoms with Crippen LogP contribution in [-0.4, -0.2) is 58.5 Å². The van der Waals surface area contributed by atoms with Crippen molar-refractivity contribution in [2.75, 3.05) is 0 Å². The summed E-state index contributed by atoms with van der Waals surface area (Å²) in [4.78, 5) is 25.9. The number of hydrogen-bond donors (Lipinski definition) is 0. The van der Waals surface area contributed by atoms with Gasteiger partial charge in [0.05, 0.1) is 25.3 Å². The van der Waals surface area contributed by atoms with Crippen LogP contribution in [0.2, 0.25) is 0 Å². The van der Waals surface area contributed by atoms with Crippen LogP contribution >= 0.6 is 0 Å². The molecule has 0 spiro atoms. The quantitative estimate of drug-likeness (QED) is 0.132. The maximum Gasteiger partial charge on any atom is 0.303 e. The van der Waals surface area contributed by atoms with Crippen LogP contribution in [-0.2, 0) is 54.8 Å². The molecule has 0 saturated carbocycles. The van der Waals surface area contributed by atoms with Gasteiger partial charge in [-0.1, -0.05) is 133 Å². The van der Waals surface area contributed by atoms with Crippen LogP contribution in [0, 0.1) is 0 Å². The van der Waals surface area contributed by atoms with Gasteiger partial charge in [0.1, 0.15) is 12.2 Å². The van der Waals surface area contributed by atoms with Gasteiger partial charge in [-0.2, -0.15) is 0 Å². The van der Waals surface area contributed by atoms with E-state index in [0.29, 0.717) is 13.1 Å². The van der Waals surface area contributed by atoms with Crippen molar-refractivity contribution in [2.24, 2.45) is 0 Å². The Balaban J connectivity index is 1.48. The molecule has 0 N–H and O–H groups in total. The van der Waals surface area contributed by atoms with Gasteiger partial charge in [0.25, 0.3) is 0 Å². The number of benzene rings is 4. The average Bonchev–Trinajstić information content (AvgIpc) is 3.10. The fourth-order valence-electron chi connectivity index (χ4n) is 6.59. The van der Waals surface area contributed by atoms with Crippen LogP contribution in [0.3, 0.4) is 0 Å². The molecule has 0 radical (unpaired) electrons. The van der Waals surface area contributed by atoms with Crippen LogP contribution in [0.15, 0.2) is 133 Å². The van der Waals surface area contributed by atoms with Gasteiger partial charge in [-0.3, -0.25) is 9.59 Å². The van der Waals surface area contributed by atoms with Crippen LogP contribution in [0.4, 0.5) is 0 Å². The van der Waals surface area contributed by atoms with Crippen molar-refractivity contribution in [3.05, 3.63) is 156 Å². The van der Waals surface area contributed by atoms with Crippen LogP contribution in [0.5, 0.6) is 0 Å². The van der Waals surface area contributed by atoms with E-state index >= 15 is 0 Å². The summed E-state index contributed by atoms with van der Waals surface area (Å²) in [5.74, 6) is -0.881. The van der Waals surface area contributed by atoms with Gasteiger partial charge >= 0.3 is 11.9 Å². The first-order valence-electron chi connectivity index (χ1n) is 16.4. The predicted molar refractivity (Wildman–Crippen MR) is 182 cm³/mol. The Hall–Kier alpha value is -4.60. The van der Waals surface area contributed by atoms with E-state index in [1.54, 1.807) is 0 Å². The lowest BCUT2D eigenvalue weighted by atomic mass is 9.86. The molecule has 48 heavy (non-hydrogen) atoms. The van der Waals surface area contributed by atoms with Crippen molar-refractivity contribution in [1.82, 2.24) is 10.0 Å². The number of rotatable bonds is 12. The summed E-state index contributed by atoms with van der Waals surface area (Å²) >= 11 is 0. The molecule has 4 aromatic carbocycles. The number of fused-ring (bicyclic) bond motifs is 4. The smallest absolute Gasteiger partial charge is 0.303 e. The Morgan fingerprint density at radius 3 is 1.10 bits per heavy atom. The van der Waals surface area contributed by atoms with Gasteiger partial charge in [0, 0.05) is 26.9 Å². The number of nitrogens with zero attached hydrogens (tertiary/aromatic N) is 2. The van der Waals surface area contributed by atoms with Crippen molar-refractivity contribution in [2.45, 2.75) is 76.7 Å². The molecule has 1 fully saturated rings. The van der Waals surface area contributed by atoms with E-state index < -0.39 is 48.4 Å². The summed E-state index contributed by atoms with van der Waals surface area (Å²) in [5, 5.41) is 4.45. The highest BCUT2D eigenvalue weighted by Crippen LogP contribution is 2.37. The maximum atomic E-state index is 12.9. The normalized spacial score (nSPS) is 24.0. The molecule has 2 aliphatic heterocycles. The Kier molecular flexibility index (Phi) is 11.1. The Bertz CT molecular complexity index is 1510. The monoisotopic (exact) mass is 646 g/mol. The van der Waals surface area contributed by atoms with Gasteiger partial charge in [0.2, 0.25) is 0 Å². The number of carbonyl (C=O) groups excluding carboxylic acids is 2. The Morgan fingerprint density at radius 2 is 0.792 bits per heavy atom. The van der Waals surface area contributed by atoms with Crippen molar-refractivity contribution in [1.29, 1.82) is 0 Å². The summed E-state index contributed by atoms with van der Waals surface area (Å²) in [7, 11) is 0. The molecule has 7 rings (SSSR count). The molecule has 248 valence electrons. The van der Waals surface area contributed by atoms with E-state index in [0.717, 1.165) is 22.3 Å². The van der Waals surface area contributed by atoms with E-state index in [2.05, 4.69) is 46.4 Å². The molecule has 8 heteroatoms. The highest BCUT2D eigenvalue weighted by Gasteiger charge is 2.54. The first-order valence-corrected chi connectivity index (χ1v) is 16.4. The topological polar surface area (TPSA) is 77.5 Å². The second-order valence-corrected chi connectivity index (χ2v) is 12.2. The zero-order valence-corrected chi connectivity index (χ0v) is 27.3. The van der Waals surface area contributed by atoms with E-state index in [1.807, 2.05) is 97.1 Å². The fourth-order valence-corrected chi connectivity index (χ4v) is 6.59. The molecule has 0 aromatic heterocycles. The number of ether oxygens (including phenoxy) is 4. The van der Waals surface area contributed by atoms with Crippen molar-refractivity contribution in [3.8, 4) is 0 Å². The van der Waals surface area contributed by atoms with Crippen molar-refractivity contribution < 1.29 is 28.5 Å². The molecule has 0 amide bonds. The molecule has 4 aromatic rings. The fraction of sp³-hybridized carbons (Fsp3) is 0.300. The third-order valence-corrected chi connectivity index (χ3v) is 8.72. The van der Waals surface area contributed by atoms with Gasteiger partial charge in [-0.15, -0.1) is 0 Å². The molecule has 1 saturated heterocycles. The van der Waals surface area contributed by atoms with Crippen LogP contribution < -0.4 is 0 Å². The highest BCUT2D eigenvalue weighted by molar-refractivity contribution is 5.67. The molecule has 0 unspecified atom stereocenters.